The smallest absolute Gasteiger partial charge is 0.237 e. The van der Waals surface area contributed by atoms with Gasteiger partial charge in [0.1, 0.15) is 5.88 Å². The molecule has 0 saturated carbocycles. The van der Waals surface area contributed by atoms with Crippen LogP contribution in [0.4, 0.5) is 0 Å². The van der Waals surface area contributed by atoms with Crippen molar-refractivity contribution in [1.29, 1.82) is 0 Å². The zero-order valence-corrected chi connectivity index (χ0v) is 10.1. The van der Waals surface area contributed by atoms with Gasteiger partial charge >= 0.3 is 0 Å². The number of hydrogen-bond acceptors (Lipinski definition) is 4. The van der Waals surface area contributed by atoms with Crippen molar-refractivity contribution in [3.63, 3.8) is 0 Å². The molecule has 0 spiro atoms. The number of alkyl halides is 1. The fourth-order valence-corrected chi connectivity index (χ4v) is 1.51. The van der Waals surface area contributed by atoms with Crippen LogP contribution in [0.15, 0.2) is 0 Å². The van der Waals surface area contributed by atoms with E-state index < -0.39 is 0 Å². The zero-order chi connectivity index (χ0) is 11.6. The molecule has 94 valence electrons. The second kappa shape index (κ2) is 8.75. The lowest BCUT2D eigenvalue weighted by molar-refractivity contribution is -0.130. The second-order valence-corrected chi connectivity index (χ2v) is 3.62. The van der Waals surface area contributed by atoms with Gasteiger partial charge in [-0.25, -0.2) is 0 Å². The van der Waals surface area contributed by atoms with E-state index in [-0.39, 0.29) is 11.8 Å². The molecule has 0 aromatic heterocycles. The van der Waals surface area contributed by atoms with E-state index in [1.165, 1.54) is 0 Å². The Kier molecular flexibility index (Phi) is 7.50. The first-order chi connectivity index (χ1) is 7.84. The molecule has 0 aromatic rings. The summed E-state index contributed by atoms with van der Waals surface area (Å²) in [6.07, 6.45) is 0. The lowest BCUT2D eigenvalue weighted by atomic mass is 10.4. The van der Waals surface area contributed by atoms with Crippen LogP contribution in [-0.2, 0) is 19.0 Å². The van der Waals surface area contributed by atoms with E-state index >= 15 is 0 Å². The standard InChI is InChI=1S/C10H18ClNO4/c11-9-10(13)12-1-3-14-5-7-16-8-6-15-4-2-12/h1-9H2. The van der Waals surface area contributed by atoms with Crippen molar-refractivity contribution in [3.8, 4) is 0 Å². The number of ether oxygens (including phenoxy) is 3. The summed E-state index contributed by atoms with van der Waals surface area (Å²) in [7, 11) is 0. The molecule has 0 radical (unpaired) electrons. The summed E-state index contributed by atoms with van der Waals surface area (Å²) < 4.78 is 15.9. The van der Waals surface area contributed by atoms with Crippen molar-refractivity contribution in [2.24, 2.45) is 0 Å². The van der Waals surface area contributed by atoms with Gasteiger partial charge in [-0.15, -0.1) is 11.6 Å². The molecular weight excluding hydrogens is 234 g/mol. The number of amides is 1. The van der Waals surface area contributed by atoms with Crippen molar-refractivity contribution < 1.29 is 19.0 Å². The van der Waals surface area contributed by atoms with E-state index in [1.807, 2.05) is 0 Å². The van der Waals surface area contributed by atoms with Crippen LogP contribution >= 0.6 is 11.6 Å². The van der Waals surface area contributed by atoms with Gasteiger partial charge < -0.3 is 19.1 Å². The van der Waals surface area contributed by atoms with Crippen LogP contribution in [0.25, 0.3) is 0 Å². The lowest BCUT2D eigenvalue weighted by Crippen LogP contribution is -2.38. The molecule has 5 nitrogen and oxygen atoms in total. The summed E-state index contributed by atoms with van der Waals surface area (Å²) in [4.78, 5) is 13.1. The molecule has 1 rings (SSSR count). The Labute approximate surface area is 101 Å². The predicted molar refractivity (Wildman–Crippen MR) is 59.8 cm³/mol. The van der Waals surface area contributed by atoms with Gasteiger partial charge in [-0.05, 0) is 0 Å². The van der Waals surface area contributed by atoms with Crippen LogP contribution in [0.1, 0.15) is 0 Å². The highest BCUT2D eigenvalue weighted by molar-refractivity contribution is 6.27. The fraction of sp³-hybridized carbons (Fsp3) is 0.900. The van der Waals surface area contributed by atoms with Crippen molar-refractivity contribution in [2.45, 2.75) is 0 Å². The SMILES string of the molecule is O=C(CCl)N1CCOCCOCCOCC1. The molecule has 0 unspecified atom stereocenters. The molecule has 1 heterocycles. The second-order valence-electron chi connectivity index (χ2n) is 3.35. The molecule has 1 saturated heterocycles. The number of carbonyl (C=O) groups is 1. The quantitative estimate of drug-likeness (QED) is 0.621. The third-order valence-electron chi connectivity index (χ3n) is 2.22. The fourth-order valence-electron chi connectivity index (χ4n) is 1.34. The van der Waals surface area contributed by atoms with Crippen molar-refractivity contribution in [3.05, 3.63) is 0 Å². The van der Waals surface area contributed by atoms with Crippen LogP contribution in [0.2, 0.25) is 0 Å². The molecule has 0 atom stereocenters. The average molecular weight is 252 g/mol. The first-order valence-electron chi connectivity index (χ1n) is 5.41. The molecule has 0 N–H and O–H groups in total. The molecule has 0 aliphatic carbocycles. The highest BCUT2D eigenvalue weighted by Gasteiger charge is 2.12. The number of halogens is 1. The van der Waals surface area contributed by atoms with E-state index in [0.717, 1.165) is 0 Å². The Morgan fingerprint density at radius 2 is 1.38 bits per heavy atom. The Balaban J connectivity index is 2.33. The summed E-state index contributed by atoms with van der Waals surface area (Å²) >= 11 is 5.52. The molecule has 0 bridgehead atoms. The summed E-state index contributed by atoms with van der Waals surface area (Å²) in [6, 6.07) is 0. The predicted octanol–water partition coefficient (Wildman–Crippen LogP) is 0.117. The molecule has 1 amide bonds. The third-order valence-corrected chi connectivity index (χ3v) is 2.45. The lowest BCUT2D eigenvalue weighted by Gasteiger charge is -2.22. The van der Waals surface area contributed by atoms with Gasteiger partial charge in [0.05, 0.1) is 39.6 Å². The molecular formula is C10H18ClNO4. The molecule has 16 heavy (non-hydrogen) atoms. The maximum absolute atomic E-state index is 11.4. The van der Waals surface area contributed by atoms with E-state index in [9.17, 15) is 4.79 Å². The number of rotatable bonds is 1. The third kappa shape index (κ3) is 5.65. The molecule has 1 aliphatic rings. The van der Waals surface area contributed by atoms with Gasteiger partial charge in [0, 0.05) is 13.1 Å². The monoisotopic (exact) mass is 251 g/mol. The molecule has 1 aliphatic heterocycles. The highest BCUT2D eigenvalue weighted by Crippen LogP contribution is 1.95. The maximum atomic E-state index is 11.4. The highest BCUT2D eigenvalue weighted by atomic mass is 35.5. The van der Waals surface area contributed by atoms with Crippen molar-refractivity contribution in [1.82, 2.24) is 4.90 Å². The summed E-state index contributed by atoms with van der Waals surface area (Å²) in [6.45, 7) is 4.33. The van der Waals surface area contributed by atoms with Gasteiger partial charge in [0.15, 0.2) is 0 Å². The van der Waals surface area contributed by atoms with E-state index in [1.54, 1.807) is 4.90 Å². The summed E-state index contributed by atoms with van der Waals surface area (Å²) in [5.41, 5.74) is 0. The molecule has 1 fully saturated rings. The number of nitrogens with zero attached hydrogens (tertiary/aromatic N) is 1. The van der Waals surface area contributed by atoms with Crippen LogP contribution in [0.5, 0.6) is 0 Å². The largest absolute Gasteiger partial charge is 0.377 e. The van der Waals surface area contributed by atoms with Crippen molar-refractivity contribution in [2.75, 3.05) is 58.6 Å². The normalized spacial score (nSPS) is 20.9. The Morgan fingerprint density at radius 1 is 0.938 bits per heavy atom. The van der Waals surface area contributed by atoms with E-state index in [0.29, 0.717) is 52.7 Å². The molecule has 0 aromatic carbocycles. The molecule has 6 heteroatoms. The number of carbonyl (C=O) groups excluding carboxylic acids is 1. The van der Waals surface area contributed by atoms with Crippen LogP contribution in [-0.4, -0.2) is 69.4 Å². The van der Waals surface area contributed by atoms with Crippen LogP contribution in [0.3, 0.4) is 0 Å². The Hall–Kier alpha value is -0.360. The van der Waals surface area contributed by atoms with Gasteiger partial charge in [-0.3, -0.25) is 4.79 Å². The maximum Gasteiger partial charge on any atom is 0.237 e. The minimum Gasteiger partial charge on any atom is -0.377 e. The van der Waals surface area contributed by atoms with Crippen LogP contribution in [0, 0.1) is 0 Å². The first-order valence-corrected chi connectivity index (χ1v) is 5.95. The summed E-state index contributed by atoms with van der Waals surface area (Å²) in [5.74, 6) is -0.0782. The van der Waals surface area contributed by atoms with Crippen molar-refractivity contribution >= 4 is 17.5 Å². The number of hydrogen-bond donors (Lipinski definition) is 0. The van der Waals surface area contributed by atoms with Crippen LogP contribution < -0.4 is 0 Å². The van der Waals surface area contributed by atoms with E-state index in [4.69, 9.17) is 25.8 Å². The van der Waals surface area contributed by atoms with E-state index in [2.05, 4.69) is 0 Å². The summed E-state index contributed by atoms with van der Waals surface area (Å²) in [5, 5.41) is 0. The minimum absolute atomic E-state index is 0.00309. The van der Waals surface area contributed by atoms with Gasteiger partial charge in [0.25, 0.3) is 0 Å². The van der Waals surface area contributed by atoms with Gasteiger partial charge in [-0.2, -0.15) is 0 Å². The van der Waals surface area contributed by atoms with Gasteiger partial charge in [-0.1, -0.05) is 0 Å². The average Bonchev–Trinajstić information content (AvgIpc) is 2.29. The Morgan fingerprint density at radius 3 is 1.81 bits per heavy atom. The Bertz CT molecular complexity index is 191. The zero-order valence-electron chi connectivity index (χ0n) is 9.32. The van der Waals surface area contributed by atoms with Gasteiger partial charge in [0.2, 0.25) is 5.91 Å². The first kappa shape index (κ1) is 13.7. The topological polar surface area (TPSA) is 48.0 Å². The minimum atomic E-state index is -0.0813.